The molecule has 7 nitrogen and oxygen atoms in total. The lowest BCUT2D eigenvalue weighted by Crippen LogP contribution is -2.35. The second kappa shape index (κ2) is 8.32. The second-order valence-corrected chi connectivity index (χ2v) is 6.16. The number of aliphatic hydroxyl groups is 1. The van der Waals surface area contributed by atoms with Crippen molar-refractivity contribution < 1.29 is 14.4 Å². The van der Waals surface area contributed by atoms with Crippen LogP contribution in [0.3, 0.4) is 0 Å². The Morgan fingerprint density at radius 3 is 2.92 bits per heavy atom. The van der Waals surface area contributed by atoms with Crippen molar-refractivity contribution in [3.63, 3.8) is 0 Å². The van der Waals surface area contributed by atoms with E-state index in [1.54, 1.807) is 13.3 Å². The van der Waals surface area contributed by atoms with E-state index in [9.17, 15) is 5.11 Å². The summed E-state index contributed by atoms with van der Waals surface area (Å²) >= 11 is 0. The third-order valence-electron chi connectivity index (χ3n) is 4.47. The Balaban J connectivity index is 1.47. The molecule has 0 spiro atoms. The molecule has 0 saturated carbocycles. The number of methoxy groups -OCH3 is 1. The minimum Gasteiger partial charge on any atom is -0.387 e. The molecule has 130 valence electrons. The zero-order chi connectivity index (χ0) is 16.8. The molecular formula is C17H24N4O3. The first-order chi connectivity index (χ1) is 11.8. The molecule has 7 heteroatoms. The molecule has 3 rings (SSSR count). The van der Waals surface area contributed by atoms with Crippen molar-refractivity contribution in [2.45, 2.75) is 31.9 Å². The van der Waals surface area contributed by atoms with Crippen LogP contribution in [0.25, 0.3) is 0 Å². The summed E-state index contributed by atoms with van der Waals surface area (Å²) in [4.78, 5) is 10.9. The van der Waals surface area contributed by atoms with Gasteiger partial charge in [-0.05, 0) is 44.0 Å². The Morgan fingerprint density at radius 2 is 2.21 bits per heavy atom. The van der Waals surface area contributed by atoms with Crippen LogP contribution >= 0.6 is 0 Å². The molecule has 1 N–H and O–H groups in total. The van der Waals surface area contributed by atoms with Gasteiger partial charge in [0.15, 0.2) is 5.82 Å². The third kappa shape index (κ3) is 4.37. The van der Waals surface area contributed by atoms with Gasteiger partial charge in [-0.2, -0.15) is 4.98 Å². The number of hydrogen-bond donors (Lipinski definition) is 1. The first kappa shape index (κ1) is 17.0. The predicted molar refractivity (Wildman–Crippen MR) is 87.1 cm³/mol. The Labute approximate surface area is 141 Å². The van der Waals surface area contributed by atoms with Crippen molar-refractivity contribution in [2.75, 3.05) is 26.8 Å². The maximum absolute atomic E-state index is 10.5. The van der Waals surface area contributed by atoms with Crippen LogP contribution in [-0.2, 0) is 17.7 Å². The minimum atomic E-state index is -0.489. The summed E-state index contributed by atoms with van der Waals surface area (Å²) in [6.45, 7) is 3.07. The van der Waals surface area contributed by atoms with E-state index in [4.69, 9.17) is 9.26 Å². The summed E-state index contributed by atoms with van der Waals surface area (Å²) in [7, 11) is 1.66. The van der Waals surface area contributed by atoms with Crippen LogP contribution in [0.15, 0.2) is 28.9 Å². The van der Waals surface area contributed by atoms with E-state index in [2.05, 4.69) is 20.0 Å². The topological polar surface area (TPSA) is 84.5 Å². The summed E-state index contributed by atoms with van der Waals surface area (Å²) in [6, 6.07) is 5.67. The van der Waals surface area contributed by atoms with Crippen molar-refractivity contribution in [3.05, 3.63) is 41.8 Å². The molecule has 1 fully saturated rings. The van der Waals surface area contributed by atoms with Gasteiger partial charge in [-0.1, -0.05) is 11.2 Å². The Bertz CT molecular complexity index is 611. The van der Waals surface area contributed by atoms with Crippen LogP contribution in [-0.4, -0.2) is 51.9 Å². The normalized spacial score (nSPS) is 17.9. The molecule has 1 saturated heterocycles. The number of aliphatic hydroxyl groups excluding tert-OH is 1. The highest BCUT2D eigenvalue weighted by molar-refractivity contribution is 5.08. The number of piperidine rings is 1. The molecule has 1 atom stereocenters. The Morgan fingerprint density at radius 1 is 1.38 bits per heavy atom. The summed E-state index contributed by atoms with van der Waals surface area (Å²) in [6.07, 6.45) is 3.77. The van der Waals surface area contributed by atoms with Crippen LogP contribution in [0.5, 0.6) is 0 Å². The van der Waals surface area contributed by atoms with Crippen molar-refractivity contribution in [1.29, 1.82) is 0 Å². The van der Waals surface area contributed by atoms with Gasteiger partial charge >= 0.3 is 0 Å². The second-order valence-electron chi connectivity index (χ2n) is 6.16. The van der Waals surface area contributed by atoms with Gasteiger partial charge in [0.05, 0.1) is 24.9 Å². The zero-order valence-corrected chi connectivity index (χ0v) is 14.0. The fourth-order valence-corrected chi connectivity index (χ4v) is 3.06. The van der Waals surface area contributed by atoms with Gasteiger partial charge in [-0.3, -0.25) is 9.88 Å². The molecule has 0 bridgehead atoms. The number of rotatable bonds is 7. The van der Waals surface area contributed by atoms with Gasteiger partial charge in [0.1, 0.15) is 0 Å². The summed E-state index contributed by atoms with van der Waals surface area (Å²) in [5.74, 6) is 1.58. The summed E-state index contributed by atoms with van der Waals surface area (Å²) < 4.78 is 10.3. The van der Waals surface area contributed by atoms with E-state index in [1.165, 1.54) is 0 Å². The smallest absolute Gasteiger partial charge is 0.240 e. The number of aromatic nitrogens is 3. The van der Waals surface area contributed by atoms with Crippen LogP contribution < -0.4 is 0 Å². The van der Waals surface area contributed by atoms with Gasteiger partial charge < -0.3 is 14.4 Å². The molecule has 0 amide bonds. The van der Waals surface area contributed by atoms with Crippen LogP contribution in [0, 0.1) is 5.92 Å². The number of pyridine rings is 1. The molecule has 24 heavy (non-hydrogen) atoms. The number of nitrogens with zero attached hydrogens (tertiary/aromatic N) is 4. The maximum atomic E-state index is 10.5. The van der Waals surface area contributed by atoms with Crippen molar-refractivity contribution in [2.24, 2.45) is 5.92 Å². The van der Waals surface area contributed by atoms with Gasteiger partial charge in [0.2, 0.25) is 5.89 Å². The SMILES string of the molecule is COCCc1noc(CN2CCC(C(O)c3ccccn3)CC2)n1. The van der Waals surface area contributed by atoms with Gasteiger partial charge in [0.25, 0.3) is 0 Å². The lowest BCUT2D eigenvalue weighted by atomic mass is 9.89. The fourth-order valence-electron chi connectivity index (χ4n) is 3.06. The fraction of sp³-hybridized carbons (Fsp3) is 0.588. The Hall–Kier alpha value is -1.83. The molecule has 1 aliphatic heterocycles. The molecule has 0 aliphatic carbocycles. The zero-order valence-electron chi connectivity index (χ0n) is 14.0. The first-order valence-electron chi connectivity index (χ1n) is 8.38. The molecule has 1 unspecified atom stereocenters. The molecule has 2 aromatic heterocycles. The summed E-state index contributed by atoms with van der Waals surface area (Å²) in [5, 5.41) is 14.4. The number of likely N-dealkylation sites (tertiary alicyclic amines) is 1. The predicted octanol–water partition coefficient (Wildman–Crippen LogP) is 1.60. The van der Waals surface area contributed by atoms with Gasteiger partial charge in [0, 0.05) is 19.7 Å². The molecule has 0 radical (unpaired) electrons. The van der Waals surface area contributed by atoms with E-state index in [1.807, 2.05) is 18.2 Å². The molecule has 0 aromatic carbocycles. The standard InChI is InChI=1S/C17H24N4O3/c1-23-11-7-15-19-16(24-20-15)12-21-9-5-13(6-10-21)17(22)14-4-2-3-8-18-14/h2-4,8,13,17,22H,5-7,9-12H2,1H3. The lowest BCUT2D eigenvalue weighted by Gasteiger charge is -2.33. The Kier molecular flexibility index (Phi) is 5.90. The molecular weight excluding hydrogens is 308 g/mol. The lowest BCUT2D eigenvalue weighted by molar-refractivity contribution is 0.0511. The summed E-state index contributed by atoms with van der Waals surface area (Å²) in [5.41, 5.74) is 0.760. The van der Waals surface area contributed by atoms with E-state index >= 15 is 0 Å². The van der Waals surface area contributed by atoms with Crippen molar-refractivity contribution >= 4 is 0 Å². The van der Waals surface area contributed by atoms with Crippen molar-refractivity contribution in [3.8, 4) is 0 Å². The van der Waals surface area contributed by atoms with Gasteiger partial charge in [-0.15, -0.1) is 0 Å². The van der Waals surface area contributed by atoms with Crippen molar-refractivity contribution in [1.82, 2.24) is 20.0 Å². The first-order valence-corrected chi connectivity index (χ1v) is 8.38. The van der Waals surface area contributed by atoms with Crippen LogP contribution in [0.1, 0.15) is 36.4 Å². The van der Waals surface area contributed by atoms with E-state index in [-0.39, 0.29) is 5.92 Å². The average molecular weight is 332 g/mol. The van der Waals surface area contributed by atoms with Gasteiger partial charge in [-0.25, -0.2) is 0 Å². The number of hydrogen-bond acceptors (Lipinski definition) is 7. The highest BCUT2D eigenvalue weighted by Crippen LogP contribution is 2.30. The average Bonchev–Trinajstić information content (AvgIpc) is 3.08. The van der Waals surface area contributed by atoms with Crippen LogP contribution in [0.4, 0.5) is 0 Å². The highest BCUT2D eigenvalue weighted by atomic mass is 16.5. The monoisotopic (exact) mass is 332 g/mol. The van der Waals surface area contributed by atoms with E-state index in [0.29, 0.717) is 31.3 Å². The molecule has 1 aliphatic rings. The van der Waals surface area contributed by atoms with E-state index in [0.717, 1.165) is 31.6 Å². The molecule has 3 heterocycles. The quantitative estimate of drug-likeness (QED) is 0.824. The van der Waals surface area contributed by atoms with E-state index < -0.39 is 6.10 Å². The third-order valence-corrected chi connectivity index (χ3v) is 4.47. The largest absolute Gasteiger partial charge is 0.387 e. The minimum absolute atomic E-state index is 0.246. The molecule has 2 aromatic rings. The highest BCUT2D eigenvalue weighted by Gasteiger charge is 2.27. The van der Waals surface area contributed by atoms with Crippen LogP contribution in [0.2, 0.25) is 0 Å². The number of ether oxygens (including phenoxy) is 1. The maximum Gasteiger partial charge on any atom is 0.240 e.